The molecule has 0 aliphatic carbocycles. The van der Waals surface area contributed by atoms with Crippen molar-refractivity contribution in [1.82, 2.24) is 14.7 Å². The van der Waals surface area contributed by atoms with Gasteiger partial charge in [0.05, 0.1) is 6.61 Å². The van der Waals surface area contributed by atoms with Crippen molar-refractivity contribution in [3.8, 4) is 0 Å². The second kappa shape index (κ2) is 28.9. The van der Waals surface area contributed by atoms with E-state index in [1.165, 1.54) is 71.2 Å². The Morgan fingerprint density at radius 3 is 1.31 bits per heavy atom. The Morgan fingerprint density at radius 1 is 0.667 bits per heavy atom. The first-order chi connectivity index (χ1) is 17.3. The van der Waals surface area contributed by atoms with E-state index in [0.717, 1.165) is 44.0 Å². The Kier molecular flexibility index (Phi) is 32.0. The zero-order chi connectivity index (χ0) is 28.4. The number of nitrogens with zero attached hydrogens (tertiary/aromatic N) is 3. The van der Waals surface area contributed by atoms with Gasteiger partial charge in [0.15, 0.2) is 0 Å². The van der Waals surface area contributed by atoms with Gasteiger partial charge in [-0.2, -0.15) is 0 Å². The molecule has 0 atom stereocenters. The highest BCUT2D eigenvalue weighted by Crippen LogP contribution is 2.16. The number of likely N-dealkylation sites (tertiary alicyclic amines) is 3. The molecule has 3 heterocycles. The number of methoxy groups -OCH3 is 1. The van der Waals surface area contributed by atoms with Gasteiger partial charge in [-0.3, -0.25) is 4.79 Å². The molecule has 3 fully saturated rings. The fraction of sp³-hybridized carbons (Fsp3) is 0.968. The van der Waals surface area contributed by atoms with E-state index in [0.29, 0.717) is 0 Å². The summed E-state index contributed by atoms with van der Waals surface area (Å²) in [4.78, 5) is 17.8. The van der Waals surface area contributed by atoms with Crippen molar-refractivity contribution in [2.75, 3.05) is 66.1 Å². The van der Waals surface area contributed by atoms with Crippen LogP contribution in [0.3, 0.4) is 0 Å². The molecule has 1 amide bonds. The molecule has 0 saturated carbocycles. The van der Waals surface area contributed by atoms with Gasteiger partial charge < -0.3 is 19.4 Å². The first-order valence-corrected chi connectivity index (χ1v) is 15.5. The summed E-state index contributed by atoms with van der Waals surface area (Å²) in [6, 6.07) is 0. The predicted molar refractivity (Wildman–Crippen MR) is 162 cm³/mol. The van der Waals surface area contributed by atoms with Gasteiger partial charge in [0.2, 0.25) is 5.91 Å². The molecule has 0 aromatic heterocycles. The van der Waals surface area contributed by atoms with Crippen LogP contribution in [0, 0.1) is 17.8 Å². The summed E-state index contributed by atoms with van der Waals surface area (Å²) in [6.45, 7) is 33.2. The van der Waals surface area contributed by atoms with Gasteiger partial charge in [-0.05, 0) is 89.0 Å². The normalized spacial score (nSPS) is 19.4. The maximum Gasteiger partial charge on any atom is 0.219 e. The lowest BCUT2D eigenvalue weighted by Crippen LogP contribution is -2.36. The number of amides is 1. The molecule has 3 saturated heterocycles. The van der Waals surface area contributed by atoms with Gasteiger partial charge in [-0.15, -0.1) is 0 Å². The molecule has 0 N–H and O–H groups in total. The summed E-state index contributed by atoms with van der Waals surface area (Å²) in [5.41, 5.74) is 0. The third kappa shape index (κ3) is 22.5. The van der Waals surface area contributed by atoms with Gasteiger partial charge in [-0.1, -0.05) is 69.2 Å². The van der Waals surface area contributed by atoms with Crippen molar-refractivity contribution >= 4 is 5.91 Å². The second-order valence-corrected chi connectivity index (χ2v) is 9.82. The van der Waals surface area contributed by atoms with Gasteiger partial charge in [0, 0.05) is 33.7 Å². The largest absolute Gasteiger partial charge is 0.383 e. The van der Waals surface area contributed by atoms with Crippen LogP contribution in [0.15, 0.2) is 0 Å². The molecule has 0 bridgehead atoms. The molecule has 3 rings (SSSR count). The summed E-state index contributed by atoms with van der Waals surface area (Å²) < 4.78 is 5.03. The van der Waals surface area contributed by atoms with Gasteiger partial charge >= 0.3 is 0 Å². The molecule has 220 valence electrons. The van der Waals surface area contributed by atoms with Gasteiger partial charge in [0.25, 0.3) is 0 Å². The molecule has 0 radical (unpaired) electrons. The number of ether oxygens (including phenoxy) is 1. The van der Waals surface area contributed by atoms with E-state index in [1.54, 1.807) is 14.0 Å². The van der Waals surface area contributed by atoms with Crippen LogP contribution in [0.25, 0.3) is 0 Å². The SMILES string of the molecule is CC.CC.CC.CC(=O)N1CCC(C)CC1.CCN1CCC(C)CC1.COCCN1CCC(C)CC1. The van der Waals surface area contributed by atoms with Crippen molar-refractivity contribution < 1.29 is 9.53 Å². The van der Waals surface area contributed by atoms with E-state index in [1.807, 2.05) is 46.4 Å². The van der Waals surface area contributed by atoms with E-state index >= 15 is 0 Å². The fourth-order valence-corrected chi connectivity index (χ4v) is 4.21. The standard InChI is InChI=1S/C9H19NO.C8H15NO.C8H17N.3C2H6/c1-9-3-5-10(6-4-9)7-8-11-2;1-7-3-5-9(6-4-7)8(2)10;1-3-9-6-4-8(2)5-7-9;3*1-2/h9H,3-8H2,1-2H3;7H,3-6H2,1-2H3;8H,3-7H2,1-2H3;3*1-2H3. The molecule has 0 spiro atoms. The third-order valence-corrected chi connectivity index (χ3v) is 7.04. The minimum absolute atomic E-state index is 0.229. The first kappa shape index (κ1) is 39.9. The van der Waals surface area contributed by atoms with Crippen LogP contribution in [0.2, 0.25) is 0 Å². The van der Waals surface area contributed by atoms with Crippen molar-refractivity contribution in [3.63, 3.8) is 0 Å². The quantitative estimate of drug-likeness (QED) is 0.389. The number of rotatable bonds is 4. The Labute approximate surface area is 228 Å². The smallest absolute Gasteiger partial charge is 0.219 e. The summed E-state index contributed by atoms with van der Waals surface area (Å²) in [6.07, 6.45) is 7.91. The molecule has 0 aromatic rings. The zero-order valence-corrected chi connectivity index (χ0v) is 27.0. The lowest BCUT2D eigenvalue weighted by atomic mass is 9.99. The van der Waals surface area contributed by atoms with Gasteiger partial charge in [0.1, 0.15) is 0 Å². The molecule has 5 nitrogen and oxygen atoms in total. The van der Waals surface area contributed by atoms with Crippen molar-refractivity contribution in [2.45, 2.75) is 115 Å². The Morgan fingerprint density at radius 2 is 1.00 bits per heavy atom. The monoisotopic (exact) mass is 516 g/mol. The number of piperidine rings is 3. The van der Waals surface area contributed by atoms with E-state index in [-0.39, 0.29) is 5.91 Å². The summed E-state index contributed by atoms with van der Waals surface area (Å²) in [7, 11) is 1.77. The summed E-state index contributed by atoms with van der Waals surface area (Å²) in [5, 5.41) is 0. The van der Waals surface area contributed by atoms with E-state index in [2.05, 4.69) is 37.5 Å². The number of carbonyl (C=O) groups is 1. The fourth-order valence-electron chi connectivity index (χ4n) is 4.21. The van der Waals surface area contributed by atoms with Crippen LogP contribution >= 0.6 is 0 Å². The van der Waals surface area contributed by atoms with Crippen molar-refractivity contribution in [3.05, 3.63) is 0 Å². The van der Waals surface area contributed by atoms with Crippen LogP contribution in [-0.4, -0.2) is 86.7 Å². The number of hydrogen-bond acceptors (Lipinski definition) is 4. The minimum atomic E-state index is 0.229. The van der Waals surface area contributed by atoms with Crippen LogP contribution in [0.4, 0.5) is 0 Å². The lowest BCUT2D eigenvalue weighted by Gasteiger charge is -2.29. The Bertz CT molecular complexity index is 421. The van der Waals surface area contributed by atoms with E-state index in [9.17, 15) is 4.79 Å². The highest BCUT2D eigenvalue weighted by Gasteiger charge is 2.17. The van der Waals surface area contributed by atoms with Crippen LogP contribution in [0.1, 0.15) is 115 Å². The topological polar surface area (TPSA) is 36.0 Å². The zero-order valence-electron chi connectivity index (χ0n) is 27.0. The predicted octanol–water partition coefficient (Wildman–Crippen LogP) is 7.45. The Hall–Kier alpha value is -0.650. The van der Waals surface area contributed by atoms with Gasteiger partial charge in [-0.25, -0.2) is 0 Å². The van der Waals surface area contributed by atoms with Crippen molar-refractivity contribution in [1.29, 1.82) is 0 Å². The molecule has 3 aliphatic rings. The van der Waals surface area contributed by atoms with Crippen LogP contribution < -0.4 is 0 Å². The van der Waals surface area contributed by atoms with E-state index in [4.69, 9.17) is 4.74 Å². The molecule has 5 heteroatoms. The highest BCUT2D eigenvalue weighted by molar-refractivity contribution is 5.73. The lowest BCUT2D eigenvalue weighted by molar-refractivity contribution is -0.130. The maximum atomic E-state index is 10.8. The second-order valence-electron chi connectivity index (χ2n) is 9.82. The van der Waals surface area contributed by atoms with E-state index < -0.39 is 0 Å². The number of hydrogen-bond donors (Lipinski definition) is 0. The van der Waals surface area contributed by atoms with Crippen molar-refractivity contribution in [2.24, 2.45) is 17.8 Å². The minimum Gasteiger partial charge on any atom is -0.383 e. The summed E-state index contributed by atoms with van der Waals surface area (Å²) in [5.74, 6) is 2.96. The highest BCUT2D eigenvalue weighted by atomic mass is 16.5. The average Bonchev–Trinajstić information content (AvgIpc) is 2.93. The number of carbonyl (C=O) groups excluding carboxylic acids is 1. The molecule has 0 unspecified atom stereocenters. The molecular formula is C31H69N3O2. The summed E-state index contributed by atoms with van der Waals surface area (Å²) >= 11 is 0. The molecular weight excluding hydrogens is 446 g/mol. The molecule has 3 aliphatic heterocycles. The Balaban J connectivity index is -0.000000411. The first-order valence-electron chi connectivity index (χ1n) is 15.5. The average molecular weight is 516 g/mol. The maximum absolute atomic E-state index is 10.8. The molecule has 0 aromatic carbocycles. The van der Waals surface area contributed by atoms with Crippen LogP contribution in [0.5, 0.6) is 0 Å². The third-order valence-electron chi connectivity index (χ3n) is 7.04. The van der Waals surface area contributed by atoms with Crippen LogP contribution in [-0.2, 0) is 9.53 Å². The molecule has 36 heavy (non-hydrogen) atoms.